The van der Waals surface area contributed by atoms with E-state index in [-0.39, 0.29) is 18.0 Å². The van der Waals surface area contributed by atoms with E-state index in [1.807, 2.05) is 0 Å². The third kappa shape index (κ3) is 5.47. The van der Waals surface area contributed by atoms with E-state index in [9.17, 15) is 9.59 Å². The SMILES string of the molecule is CC(=O)OCC(C)CCC[C@@H](C)[C@H]1CC[C@H]2[C@@H]3CCC4CC(OC(C)=O)CC[C@]4(C)[C@H]3CC[C@]12C. The molecule has 4 aliphatic rings. The van der Waals surface area contributed by atoms with Crippen molar-refractivity contribution in [2.24, 2.45) is 52.3 Å². The fourth-order valence-electron chi connectivity index (χ4n) is 9.87. The number of carbonyl (C=O) groups is 2. The lowest BCUT2D eigenvalue weighted by Crippen LogP contribution is -2.54. The first-order valence-corrected chi connectivity index (χ1v) is 14.8. The first-order valence-electron chi connectivity index (χ1n) is 14.8. The largest absolute Gasteiger partial charge is 0.466 e. The molecule has 0 radical (unpaired) electrons. The van der Waals surface area contributed by atoms with Crippen LogP contribution in [0.5, 0.6) is 0 Å². The molecule has 3 unspecified atom stereocenters. The summed E-state index contributed by atoms with van der Waals surface area (Å²) < 4.78 is 10.9. The molecule has 4 rings (SSSR count). The Labute approximate surface area is 214 Å². The molecule has 0 aromatic rings. The number of hydrogen-bond donors (Lipinski definition) is 0. The zero-order valence-electron chi connectivity index (χ0n) is 23.4. The molecule has 0 amide bonds. The number of rotatable bonds is 8. The van der Waals surface area contributed by atoms with Gasteiger partial charge in [-0.3, -0.25) is 9.59 Å². The van der Waals surface area contributed by atoms with Crippen molar-refractivity contribution >= 4 is 11.9 Å². The van der Waals surface area contributed by atoms with Crippen molar-refractivity contribution < 1.29 is 19.1 Å². The third-order valence-electron chi connectivity index (χ3n) is 11.6. The fourth-order valence-corrected chi connectivity index (χ4v) is 9.87. The van der Waals surface area contributed by atoms with Gasteiger partial charge in [-0.2, -0.15) is 0 Å². The highest BCUT2D eigenvalue weighted by Gasteiger charge is 2.60. The minimum atomic E-state index is -0.161. The van der Waals surface area contributed by atoms with Crippen LogP contribution in [0.15, 0.2) is 0 Å². The predicted octanol–water partition coefficient (Wildman–Crippen LogP) is 7.58. The highest BCUT2D eigenvalue weighted by atomic mass is 16.5. The standard InChI is InChI=1S/C31H52O4/c1-20(19-34-22(3)32)8-7-9-21(2)27-12-13-28-26-11-10-24-18-25(35-23(4)33)14-16-30(24,5)29(26)15-17-31(27,28)6/h20-21,24-29H,7-19H2,1-6H3/t20?,21-,24?,25?,26+,27-,28+,29+,30+,31-/m1/s1. The van der Waals surface area contributed by atoms with E-state index in [1.54, 1.807) is 6.92 Å². The van der Waals surface area contributed by atoms with Crippen LogP contribution in [0, 0.1) is 52.3 Å². The number of ether oxygens (including phenoxy) is 2. The van der Waals surface area contributed by atoms with E-state index in [0.29, 0.717) is 23.4 Å². The molecular formula is C31H52O4. The summed E-state index contributed by atoms with van der Waals surface area (Å²) in [5.41, 5.74) is 0.963. The topological polar surface area (TPSA) is 52.6 Å². The summed E-state index contributed by atoms with van der Waals surface area (Å²) in [7, 11) is 0. The van der Waals surface area contributed by atoms with Gasteiger partial charge < -0.3 is 9.47 Å². The Kier molecular flexibility index (Phi) is 8.28. The lowest BCUT2D eigenvalue weighted by Gasteiger charge is -2.61. The van der Waals surface area contributed by atoms with Gasteiger partial charge in [0.1, 0.15) is 6.10 Å². The Balaban J connectivity index is 1.34. The van der Waals surface area contributed by atoms with Gasteiger partial charge in [0.2, 0.25) is 0 Å². The second kappa shape index (κ2) is 10.7. The highest BCUT2D eigenvalue weighted by Crippen LogP contribution is 2.68. The Bertz CT molecular complexity index is 763. The smallest absolute Gasteiger partial charge is 0.302 e. The molecule has 4 fully saturated rings. The van der Waals surface area contributed by atoms with Crippen LogP contribution in [0.4, 0.5) is 0 Å². The van der Waals surface area contributed by atoms with E-state index >= 15 is 0 Å². The molecule has 4 nitrogen and oxygen atoms in total. The second-order valence-corrected chi connectivity index (χ2v) is 13.7. The zero-order valence-corrected chi connectivity index (χ0v) is 23.4. The van der Waals surface area contributed by atoms with E-state index in [4.69, 9.17) is 9.47 Å². The minimum Gasteiger partial charge on any atom is -0.466 e. The molecule has 0 spiro atoms. The van der Waals surface area contributed by atoms with Crippen molar-refractivity contribution in [2.75, 3.05) is 6.61 Å². The van der Waals surface area contributed by atoms with Crippen LogP contribution in [0.3, 0.4) is 0 Å². The van der Waals surface area contributed by atoms with Gasteiger partial charge in [-0.1, -0.05) is 40.5 Å². The Morgan fingerprint density at radius 1 is 0.857 bits per heavy atom. The predicted molar refractivity (Wildman–Crippen MR) is 140 cm³/mol. The molecule has 0 aromatic heterocycles. The minimum absolute atomic E-state index is 0.106. The maximum Gasteiger partial charge on any atom is 0.302 e. The van der Waals surface area contributed by atoms with E-state index in [0.717, 1.165) is 54.8 Å². The first kappa shape index (κ1) is 27.0. The van der Waals surface area contributed by atoms with E-state index < -0.39 is 0 Å². The van der Waals surface area contributed by atoms with Gasteiger partial charge in [-0.25, -0.2) is 0 Å². The van der Waals surface area contributed by atoms with Gasteiger partial charge in [-0.05, 0) is 116 Å². The second-order valence-electron chi connectivity index (χ2n) is 13.7. The average Bonchev–Trinajstić information content (AvgIpc) is 3.15. The average molecular weight is 489 g/mol. The third-order valence-corrected chi connectivity index (χ3v) is 11.6. The summed E-state index contributed by atoms with van der Waals surface area (Å²) in [4.78, 5) is 22.6. The van der Waals surface area contributed by atoms with Crippen molar-refractivity contribution in [3.63, 3.8) is 0 Å². The van der Waals surface area contributed by atoms with Gasteiger partial charge in [0.25, 0.3) is 0 Å². The normalized spacial score (nSPS) is 42.2. The Hall–Kier alpha value is -1.06. The lowest BCUT2D eigenvalue weighted by atomic mass is 9.44. The fraction of sp³-hybridized carbons (Fsp3) is 0.935. The monoisotopic (exact) mass is 488 g/mol. The summed E-state index contributed by atoms with van der Waals surface area (Å²) in [6.45, 7) is 13.6. The number of carbonyl (C=O) groups excluding carboxylic acids is 2. The van der Waals surface area contributed by atoms with Crippen molar-refractivity contribution in [2.45, 2.75) is 125 Å². The molecule has 0 bridgehead atoms. The van der Waals surface area contributed by atoms with E-state index in [1.165, 1.54) is 64.7 Å². The first-order chi connectivity index (χ1) is 16.5. The van der Waals surface area contributed by atoms with Crippen LogP contribution < -0.4 is 0 Å². The van der Waals surface area contributed by atoms with Crippen LogP contribution in [0.2, 0.25) is 0 Å². The van der Waals surface area contributed by atoms with Crippen molar-refractivity contribution in [3.8, 4) is 0 Å². The molecule has 10 atom stereocenters. The maximum absolute atomic E-state index is 11.5. The van der Waals surface area contributed by atoms with Crippen LogP contribution in [0.25, 0.3) is 0 Å². The van der Waals surface area contributed by atoms with Gasteiger partial charge in [0.15, 0.2) is 0 Å². The molecule has 200 valence electrons. The van der Waals surface area contributed by atoms with Gasteiger partial charge >= 0.3 is 11.9 Å². The van der Waals surface area contributed by atoms with Gasteiger partial charge in [0, 0.05) is 13.8 Å². The summed E-state index contributed by atoms with van der Waals surface area (Å²) >= 11 is 0. The van der Waals surface area contributed by atoms with Crippen molar-refractivity contribution in [1.82, 2.24) is 0 Å². The van der Waals surface area contributed by atoms with Crippen LogP contribution in [-0.2, 0) is 19.1 Å². The quantitative estimate of drug-likeness (QED) is 0.330. The van der Waals surface area contributed by atoms with Crippen molar-refractivity contribution in [1.29, 1.82) is 0 Å². The number of esters is 2. The summed E-state index contributed by atoms with van der Waals surface area (Å²) in [6.07, 6.45) is 15.7. The van der Waals surface area contributed by atoms with Gasteiger partial charge in [0.05, 0.1) is 6.61 Å². The maximum atomic E-state index is 11.5. The molecule has 4 heteroatoms. The summed E-state index contributed by atoms with van der Waals surface area (Å²) in [5, 5.41) is 0. The summed E-state index contributed by atoms with van der Waals surface area (Å²) in [5.74, 6) is 5.25. The molecule has 4 aliphatic carbocycles. The van der Waals surface area contributed by atoms with Crippen molar-refractivity contribution in [3.05, 3.63) is 0 Å². The van der Waals surface area contributed by atoms with Crippen LogP contribution in [0.1, 0.15) is 119 Å². The molecule has 0 aliphatic heterocycles. The molecule has 0 saturated heterocycles. The highest BCUT2D eigenvalue weighted by molar-refractivity contribution is 5.66. The summed E-state index contributed by atoms with van der Waals surface area (Å²) in [6, 6.07) is 0. The molecule has 0 heterocycles. The van der Waals surface area contributed by atoms with Gasteiger partial charge in [-0.15, -0.1) is 0 Å². The van der Waals surface area contributed by atoms with Crippen LogP contribution >= 0.6 is 0 Å². The molecule has 35 heavy (non-hydrogen) atoms. The number of hydrogen-bond acceptors (Lipinski definition) is 4. The molecule has 4 saturated carbocycles. The Morgan fingerprint density at radius 3 is 2.29 bits per heavy atom. The van der Waals surface area contributed by atoms with Crippen LogP contribution in [-0.4, -0.2) is 24.6 Å². The van der Waals surface area contributed by atoms with E-state index in [2.05, 4.69) is 27.7 Å². The Morgan fingerprint density at radius 2 is 1.57 bits per heavy atom. The molecular weight excluding hydrogens is 436 g/mol. The molecule has 0 aromatic carbocycles. The number of fused-ring (bicyclic) bond motifs is 5. The molecule has 0 N–H and O–H groups in total. The zero-order chi connectivity index (χ0) is 25.4. The lowest BCUT2D eigenvalue weighted by molar-refractivity contribution is -0.160.